The molecule has 1 saturated heterocycles. The minimum Gasteiger partial charge on any atom is -0.480 e. The molecular weight excluding hydrogens is 306 g/mol. The van der Waals surface area contributed by atoms with Crippen LogP contribution in [0, 0.1) is 0 Å². The minimum atomic E-state index is -0.434. The Morgan fingerprint density at radius 3 is 2.47 bits per heavy atom. The first-order chi connectivity index (χ1) is 9.18. The fourth-order valence-corrected chi connectivity index (χ4v) is 2.71. The molecule has 3 nitrogen and oxygen atoms in total. The van der Waals surface area contributed by atoms with Crippen molar-refractivity contribution in [1.82, 2.24) is 4.90 Å². The Labute approximate surface area is 123 Å². The van der Waals surface area contributed by atoms with Gasteiger partial charge in [0.15, 0.2) is 6.10 Å². The topological polar surface area (TPSA) is 29.5 Å². The number of hydrogen-bond acceptors (Lipinski definition) is 2. The predicted octanol–water partition coefficient (Wildman–Crippen LogP) is 3.62. The Bertz CT molecular complexity index is 428. The maximum absolute atomic E-state index is 12.4. The normalized spacial score (nSPS) is 17.7. The Hall–Kier alpha value is -1.03. The summed E-state index contributed by atoms with van der Waals surface area (Å²) in [5.74, 6) is 0.816. The lowest BCUT2D eigenvalue weighted by atomic mass is 10.2. The summed E-state index contributed by atoms with van der Waals surface area (Å²) in [6.45, 7) is 3.55. The van der Waals surface area contributed by atoms with Crippen LogP contribution in [0.5, 0.6) is 5.75 Å². The zero-order chi connectivity index (χ0) is 13.7. The summed E-state index contributed by atoms with van der Waals surface area (Å²) in [4.78, 5) is 14.3. The SMILES string of the molecule is CC(Oc1ccccc1Br)C(=O)N1CCCCCC1. The number of likely N-dealkylation sites (tertiary alicyclic amines) is 1. The predicted molar refractivity (Wildman–Crippen MR) is 79.3 cm³/mol. The molecule has 4 heteroatoms. The fourth-order valence-electron chi connectivity index (χ4n) is 2.33. The lowest BCUT2D eigenvalue weighted by molar-refractivity contribution is -0.137. The highest BCUT2D eigenvalue weighted by Gasteiger charge is 2.23. The first kappa shape index (κ1) is 14.4. The number of para-hydroxylation sites is 1. The number of benzene rings is 1. The molecule has 1 atom stereocenters. The molecule has 0 aromatic heterocycles. The second-order valence-electron chi connectivity index (χ2n) is 4.93. The van der Waals surface area contributed by atoms with Gasteiger partial charge in [0, 0.05) is 13.1 Å². The van der Waals surface area contributed by atoms with E-state index in [-0.39, 0.29) is 5.91 Å². The molecule has 1 aliphatic heterocycles. The van der Waals surface area contributed by atoms with Crippen LogP contribution in [0.3, 0.4) is 0 Å². The van der Waals surface area contributed by atoms with Gasteiger partial charge in [-0.2, -0.15) is 0 Å². The van der Waals surface area contributed by atoms with Crippen molar-refractivity contribution in [2.45, 2.75) is 38.7 Å². The van der Waals surface area contributed by atoms with E-state index in [0.29, 0.717) is 0 Å². The van der Waals surface area contributed by atoms with Gasteiger partial charge in [-0.3, -0.25) is 4.79 Å². The van der Waals surface area contributed by atoms with Gasteiger partial charge in [0.2, 0.25) is 0 Å². The van der Waals surface area contributed by atoms with E-state index in [1.165, 1.54) is 12.8 Å². The molecule has 1 aliphatic rings. The van der Waals surface area contributed by atoms with Crippen molar-refractivity contribution in [1.29, 1.82) is 0 Å². The highest BCUT2D eigenvalue weighted by molar-refractivity contribution is 9.10. The average Bonchev–Trinajstić information content (AvgIpc) is 2.69. The van der Waals surface area contributed by atoms with E-state index in [1.807, 2.05) is 36.1 Å². The van der Waals surface area contributed by atoms with E-state index < -0.39 is 6.10 Å². The van der Waals surface area contributed by atoms with Crippen LogP contribution < -0.4 is 4.74 Å². The van der Waals surface area contributed by atoms with Crippen LogP contribution >= 0.6 is 15.9 Å². The third kappa shape index (κ3) is 3.96. The van der Waals surface area contributed by atoms with E-state index >= 15 is 0 Å². The summed E-state index contributed by atoms with van der Waals surface area (Å²) in [7, 11) is 0. The molecule has 104 valence electrons. The molecule has 0 radical (unpaired) electrons. The molecule has 1 aromatic rings. The van der Waals surface area contributed by atoms with Gasteiger partial charge in [0.25, 0.3) is 5.91 Å². The van der Waals surface area contributed by atoms with Crippen molar-refractivity contribution in [3.05, 3.63) is 28.7 Å². The number of amides is 1. The van der Waals surface area contributed by atoms with Crippen LogP contribution in [0.1, 0.15) is 32.6 Å². The molecule has 1 aromatic carbocycles. The number of hydrogen-bond donors (Lipinski definition) is 0. The van der Waals surface area contributed by atoms with Crippen LogP contribution in [0.2, 0.25) is 0 Å². The number of halogens is 1. The van der Waals surface area contributed by atoms with Gasteiger partial charge in [-0.15, -0.1) is 0 Å². The maximum atomic E-state index is 12.4. The highest BCUT2D eigenvalue weighted by Crippen LogP contribution is 2.25. The van der Waals surface area contributed by atoms with Gasteiger partial charge in [-0.1, -0.05) is 25.0 Å². The smallest absolute Gasteiger partial charge is 0.263 e. The van der Waals surface area contributed by atoms with Crippen LogP contribution in [-0.2, 0) is 4.79 Å². The van der Waals surface area contributed by atoms with E-state index in [1.54, 1.807) is 0 Å². The second-order valence-corrected chi connectivity index (χ2v) is 5.78. The second kappa shape index (κ2) is 6.94. The largest absolute Gasteiger partial charge is 0.480 e. The standard InChI is InChI=1S/C15H20BrNO2/c1-12(19-14-9-5-4-8-13(14)16)15(18)17-10-6-2-3-7-11-17/h4-5,8-9,12H,2-3,6-7,10-11H2,1H3. The maximum Gasteiger partial charge on any atom is 0.263 e. The van der Waals surface area contributed by atoms with E-state index in [4.69, 9.17) is 4.74 Å². The zero-order valence-corrected chi connectivity index (χ0v) is 12.9. The van der Waals surface area contributed by atoms with Gasteiger partial charge in [-0.05, 0) is 47.8 Å². The molecule has 0 bridgehead atoms. The summed E-state index contributed by atoms with van der Waals surface area (Å²) in [5, 5.41) is 0. The molecule has 2 rings (SSSR count). The van der Waals surface area contributed by atoms with Crippen molar-refractivity contribution in [2.75, 3.05) is 13.1 Å². The van der Waals surface area contributed by atoms with Crippen molar-refractivity contribution in [2.24, 2.45) is 0 Å². The minimum absolute atomic E-state index is 0.0950. The molecule has 19 heavy (non-hydrogen) atoms. The number of nitrogens with zero attached hydrogens (tertiary/aromatic N) is 1. The first-order valence-electron chi connectivity index (χ1n) is 6.88. The number of ether oxygens (including phenoxy) is 1. The van der Waals surface area contributed by atoms with Crippen LogP contribution in [0.15, 0.2) is 28.7 Å². The van der Waals surface area contributed by atoms with Crippen LogP contribution in [0.25, 0.3) is 0 Å². The molecular formula is C15H20BrNO2. The van der Waals surface area contributed by atoms with E-state index in [0.717, 1.165) is 36.2 Å². The molecule has 0 N–H and O–H groups in total. The van der Waals surface area contributed by atoms with Gasteiger partial charge in [-0.25, -0.2) is 0 Å². The molecule has 1 amide bonds. The van der Waals surface area contributed by atoms with Gasteiger partial charge in [0.05, 0.1) is 4.47 Å². The van der Waals surface area contributed by atoms with Crippen molar-refractivity contribution in [3.8, 4) is 5.75 Å². The summed E-state index contributed by atoms with van der Waals surface area (Å²) >= 11 is 3.43. The van der Waals surface area contributed by atoms with Gasteiger partial charge < -0.3 is 9.64 Å². The zero-order valence-electron chi connectivity index (χ0n) is 11.3. The molecule has 1 heterocycles. The van der Waals surface area contributed by atoms with Crippen molar-refractivity contribution in [3.63, 3.8) is 0 Å². The Morgan fingerprint density at radius 2 is 1.84 bits per heavy atom. The Balaban J connectivity index is 1.97. The Morgan fingerprint density at radius 1 is 1.21 bits per heavy atom. The number of carbonyl (C=O) groups excluding carboxylic acids is 1. The molecule has 0 saturated carbocycles. The molecule has 1 fully saturated rings. The quantitative estimate of drug-likeness (QED) is 0.849. The average molecular weight is 326 g/mol. The molecule has 1 unspecified atom stereocenters. The summed E-state index contributed by atoms with van der Waals surface area (Å²) in [5.41, 5.74) is 0. The van der Waals surface area contributed by atoms with Crippen LogP contribution in [-0.4, -0.2) is 30.0 Å². The highest BCUT2D eigenvalue weighted by atomic mass is 79.9. The fraction of sp³-hybridized carbons (Fsp3) is 0.533. The summed E-state index contributed by atoms with van der Waals surface area (Å²) in [6, 6.07) is 7.62. The number of carbonyl (C=O) groups is 1. The Kier molecular flexibility index (Phi) is 5.25. The van der Waals surface area contributed by atoms with Gasteiger partial charge in [0.1, 0.15) is 5.75 Å². The summed E-state index contributed by atoms with van der Waals surface area (Å²) < 4.78 is 6.64. The molecule has 0 spiro atoms. The third-order valence-electron chi connectivity index (χ3n) is 3.41. The van der Waals surface area contributed by atoms with E-state index in [9.17, 15) is 4.79 Å². The van der Waals surface area contributed by atoms with Crippen molar-refractivity contribution >= 4 is 21.8 Å². The molecule has 0 aliphatic carbocycles. The van der Waals surface area contributed by atoms with Gasteiger partial charge >= 0.3 is 0 Å². The van der Waals surface area contributed by atoms with E-state index in [2.05, 4.69) is 15.9 Å². The lowest BCUT2D eigenvalue weighted by Crippen LogP contribution is -2.41. The monoisotopic (exact) mass is 325 g/mol. The van der Waals surface area contributed by atoms with Crippen molar-refractivity contribution < 1.29 is 9.53 Å². The third-order valence-corrected chi connectivity index (χ3v) is 4.06. The lowest BCUT2D eigenvalue weighted by Gasteiger charge is -2.24. The number of rotatable bonds is 3. The summed E-state index contributed by atoms with van der Waals surface area (Å²) in [6.07, 6.45) is 4.23. The van der Waals surface area contributed by atoms with Crippen LogP contribution in [0.4, 0.5) is 0 Å². The first-order valence-corrected chi connectivity index (χ1v) is 7.68.